The number of aliphatic carboxylic acids is 1. The molecule has 2 saturated carbocycles. The van der Waals surface area contributed by atoms with Gasteiger partial charge in [-0.05, 0) is 25.2 Å². The average Bonchev–Trinajstić information content (AvgIpc) is 2.54. The predicted molar refractivity (Wildman–Crippen MR) is 47.3 cm³/mol. The highest BCUT2D eigenvalue weighted by atomic mass is 16.4. The van der Waals surface area contributed by atoms with Gasteiger partial charge in [0.05, 0.1) is 11.0 Å². The van der Waals surface area contributed by atoms with E-state index in [0.717, 1.165) is 12.8 Å². The summed E-state index contributed by atoms with van der Waals surface area (Å²) in [5, 5.41) is 19.4. The second kappa shape index (κ2) is 2.47. The maximum absolute atomic E-state index is 11.1. The molecule has 0 spiro atoms. The van der Waals surface area contributed by atoms with E-state index in [1.54, 1.807) is 0 Å². The van der Waals surface area contributed by atoms with Gasteiger partial charge in [-0.15, -0.1) is 0 Å². The first-order valence-corrected chi connectivity index (χ1v) is 4.99. The first-order valence-electron chi connectivity index (χ1n) is 4.99. The minimum Gasteiger partial charge on any atom is -0.481 e. The molecule has 2 aliphatic carbocycles. The van der Waals surface area contributed by atoms with Crippen LogP contribution in [0, 0.1) is 11.3 Å². The van der Waals surface area contributed by atoms with Gasteiger partial charge >= 0.3 is 5.97 Å². The first-order chi connectivity index (χ1) is 6.03. The minimum atomic E-state index is -0.905. The highest BCUT2D eigenvalue weighted by Gasteiger charge is 2.69. The summed E-state index contributed by atoms with van der Waals surface area (Å²) >= 11 is 0. The van der Waals surface area contributed by atoms with Gasteiger partial charge in [-0.3, -0.25) is 4.79 Å². The second-order valence-electron chi connectivity index (χ2n) is 4.62. The van der Waals surface area contributed by atoms with Crippen molar-refractivity contribution in [3.8, 4) is 0 Å². The lowest BCUT2D eigenvalue weighted by Gasteiger charge is -2.30. The normalized spacial score (nSPS) is 41.8. The quantitative estimate of drug-likeness (QED) is 0.682. The van der Waals surface area contributed by atoms with Gasteiger partial charge in [-0.25, -0.2) is 0 Å². The van der Waals surface area contributed by atoms with E-state index in [1.807, 2.05) is 6.92 Å². The molecule has 2 unspecified atom stereocenters. The van der Waals surface area contributed by atoms with Crippen molar-refractivity contribution in [2.45, 2.75) is 44.6 Å². The van der Waals surface area contributed by atoms with Crippen LogP contribution < -0.4 is 0 Å². The average molecular weight is 184 g/mol. The molecule has 2 aliphatic rings. The predicted octanol–water partition coefficient (Wildman–Crippen LogP) is 1.40. The van der Waals surface area contributed by atoms with Crippen LogP contribution in [0.25, 0.3) is 0 Å². The molecule has 0 aromatic rings. The van der Waals surface area contributed by atoms with Gasteiger partial charge in [0, 0.05) is 0 Å². The Kier molecular flexibility index (Phi) is 1.71. The molecular formula is C10H16O3. The molecule has 0 aromatic carbocycles. The van der Waals surface area contributed by atoms with E-state index < -0.39 is 17.0 Å². The van der Waals surface area contributed by atoms with Crippen LogP contribution in [0.15, 0.2) is 0 Å². The Balaban J connectivity index is 2.27. The van der Waals surface area contributed by atoms with Crippen molar-refractivity contribution in [2.75, 3.05) is 0 Å². The van der Waals surface area contributed by atoms with Gasteiger partial charge < -0.3 is 10.2 Å². The van der Waals surface area contributed by atoms with Crippen molar-refractivity contribution in [3.05, 3.63) is 0 Å². The van der Waals surface area contributed by atoms with Gasteiger partial charge in [0.25, 0.3) is 0 Å². The van der Waals surface area contributed by atoms with E-state index in [4.69, 9.17) is 5.11 Å². The summed E-state index contributed by atoms with van der Waals surface area (Å²) in [5.41, 5.74) is -1.71. The van der Waals surface area contributed by atoms with Crippen LogP contribution in [0.1, 0.15) is 39.0 Å². The zero-order valence-electron chi connectivity index (χ0n) is 7.92. The van der Waals surface area contributed by atoms with Crippen LogP contribution >= 0.6 is 0 Å². The fraction of sp³-hybridized carbons (Fsp3) is 0.900. The molecule has 13 heavy (non-hydrogen) atoms. The lowest BCUT2D eigenvalue weighted by Crippen LogP contribution is -2.43. The van der Waals surface area contributed by atoms with Gasteiger partial charge in [-0.1, -0.05) is 19.8 Å². The summed E-state index contributed by atoms with van der Waals surface area (Å²) < 4.78 is 0. The Morgan fingerprint density at radius 3 is 2.15 bits per heavy atom. The van der Waals surface area contributed by atoms with E-state index in [9.17, 15) is 9.90 Å². The minimum absolute atomic E-state index is 0.146. The molecule has 74 valence electrons. The summed E-state index contributed by atoms with van der Waals surface area (Å²) in [4.78, 5) is 11.1. The molecule has 0 saturated heterocycles. The van der Waals surface area contributed by atoms with Crippen molar-refractivity contribution in [3.63, 3.8) is 0 Å². The number of carbonyl (C=O) groups is 1. The fourth-order valence-corrected chi connectivity index (χ4v) is 2.98. The van der Waals surface area contributed by atoms with E-state index >= 15 is 0 Å². The molecule has 3 nitrogen and oxygen atoms in total. The van der Waals surface area contributed by atoms with Crippen molar-refractivity contribution in [1.82, 2.24) is 0 Å². The number of aliphatic hydroxyl groups is 1. The molecule has 0 bridgehead atoms. The largest absolute Gasteiger partial charge is 0.481 e. The molecule has 0 aromatic heterocycles. The van der Waals surface area contributed by atoms with Gasteiger partial charge in [0.1, 0.15) is 0 Å². The zero-order chi connectivity index (χ0) is 9.69. The van der Waals surface area contributed by atoms with Crippen molar-refractivity contribution in [1.29, 1.82) is 0 Å². The van der Waals surface area contributed by atoms with E-state index in [1.165, 1.54) is 0 Å². The third-order valence-electron chi connectivity index (χ3n) is 3.95. The Morgan fingerprint density at radius 2 is 1.85 bits per heavy atom. The molecule has 2 fully saturated rings. The zero-order valence-corrected chi connectivity index (χ0v) is 7.92. The third kappa shape index (κ3) is 0.966. The third-order valence-corrected chi connectivity index (χ3v) is 3.95. The topological polar surface area (TPSA) is 57.5 Å². The molecule has 2 N–H and O–H groups in total. The first kappa shape index (κ1) is 9.00. The van der Waals surface area contributed by atoms with Crippen LogP contribution in [0.4, 0.5) is 0 Å². The molecule has 3 heteroatoms. The molecular weight excluding hydrogens is 168 g/mol. The van der Waals surface area contributed by atoms with Crippen LogP contribution in [0.3, 0.4) is 0 Å². The number of rotatable bonds is 2. The lowest BCUT2D eigenvalue weighted by atomic mass is 9.81. The van der Waals surface area contributed by atoms with E-state index in [0.29, 0.717) is 19.3 Å². The van der Waals surface area contributed by atoms with Gasteiger partial charge in [-0.2, -0.15) is 0 Å². The maximum Gasteiger partial charge on any atom is 0.312 e. The summed E-state index contributed by atoms with van der Waals surface area (Å²) in [7, 11) is 0. The van der Waals surface area contributed by atoms with Crippen molar-refractivity contribution >= 4 is 5.97 Å². The molecule has 2 rings (SSSR count). The van der Waals surface area contributed by atoms with E-state index in [2.05, 4.69) is 0 Å². The smallest absolute Gasteiger partial charge is 0.312 e. The van der Waals surface area contributed by atoms with E-state index in [-0.39, 0.29) is 5.92 Å². The fourth-order valence-electron chi connectivity index (χ4n) is 2.98. The molecule has 0 amide bonds. The number of carboxylic acid groups (broad SMARTS) is 1. The highest BCUT2D eigenvalue weighted by Crippen LogP contribution is 2.63. The highest BCUT2D eigenvalue weighted by molar-refractivity contribution is 5.80. The Morgan fingerprint density at radius 1 is 1.38 bits per heavy atom. The summed E-state index contributed by atoms with van der Waals surface area (Å²) in [6, 6.07) is 0. The Bertz CT molecular complexity index is 243. The number of hydrogen-bond acceptors (Lipinski definition) is 2. The monoisotopic (exact) mass is 184 g/mol. The van der Waals surface area contributed by atoms with Crippen molar-refractivity contribution < 1.29 is 15.0 Å². The standard InChI is InChI=1S/C10H16O3/c1-7-6-10(7,8(11)12)9(13)4-2-3-5-9/h7,13H,2-6H2,1H3,(H,11,12). The second-order valence-corrected chi connectivity index (χ2v) is 4.62. The Hall–Kier alpha value is -0.570. The van der Waals surface area contributed by atoms with Crippen LogP contribution in [-0.2, 0) is 4.79 Å². The molecule has 0 radical (unpaired) electrons. The molecule has 2 atom stereocenters. The molecule has 0 aliphatic heterocycles. The number of hydrogen-bond donors (Lipinski definition) is 2. The molecule has 0 heterocycles. The van der Waals surface area contributed by atoms with Crippen molar-refractivity contribution in [2.24, 2.45) is 11.3 Å². The number of carboxylic acids is 1. The van der Waals surface area contributed by atoms with Gasteiger partial charge in [0.2, 0.25) is 0 Å². The lowest BCUT2D eigenvalue weighted by molar-refractivity contribution is -0.156. The van der Waals surface area contributed by atoms with Crippen LogP contribution in [0.5, 0.6) is 0 Å². The summed E-state index contributed by atoms with van der Waals surface area (Å²) in [5.74, 6) is -0.655. The van der Waals surface area contributed by atoms with Crippen LogP contribution in [-0.4, -0.2) is 21.8 Å². The Labute approximate surface area is 77.8 Å². The summed E-state index contributed by atoms with van der Waals surface area (Å²) in [6.07, 6.45) is 3.93. The summed E-state index contributed by atoms with van der Waals surface area (Å²) in [6.45, 7) is 1.92. The maximum atomic E-state index is 11.1. The van der Waals surface area contributed by atoms with Crippen LogP contribution in [0.2, 0.25) is 0 Å². The SMILES string of the molecule is CC1CC1(C(=O)O)C1(O)CCCC1. The van der Waals surface area contributed by atoms with Gasteiger partial charge in [0.15, 0.2) is 0 Å².